The molecule has 0 spiro atoms. The lowest BCUT2D eigenvalue weighted by molar-refractivity contribution is -0.190. The maximum absolute atomic E-state index is 14.8. The quantitative estimate of drug-likeness (QED) is 0.641. The van der Waals surface area contributed by atoms with Crippen molar-refractivity contribution in [2.75, 3.05) is 6.61 Å². The van der Waals surface area contributed by atoms with Crippen LogP contribution in [0.25, 0.3) is 16.6 Å². The van der Waals surface area contributed by atoms with E-state index in [1.54, 1.807) is 24.8 Å². The van der Waals surface area contributed by atoms with Crippen molar-refractivity contribution in [2.24, 2.45) is 11.8 Å². The van der Waals surface area contributed by atoms with Gasteiger partial charge < -0.3 is 20.1 Å². The van der Waals surface area contributed by atoms with E-state index in [2.05, 4.69) is 5.32 Å². The van der Waals surface area contributed by atoms with Crippen molar-refractivity contribution < 1.29 is 28.6 Å². The van der Waals surface area contributed by atoms with Crippen LogP contribution in [0, 0.1) is 24.6 Å². The lowest BCUT2D eigenvalue weighted by Crippen LogP contribution is -2.58. The van der Waals surface area contributed by atoms with E-state index in [1.807, 2.05) is 0 Å². The van der Waals surface area contributed by atoms with Gasteiger partial charge in [0, 0.05) is 29.9 Å². The first-order chi connectivity index (χ1) is 16.7. The van der Waals surface area contributed by atoms with E-state index in [1.165, 1.54) is 13.0 Å². The van der Waals surface area contributed by atoms with Crippen LogP contribution in [0.2, 0.25) is 0 Å². The molecule has 1 aromatic carbocycles. The predicted octanol–water partition coefficient (Wildman–Crippen LogP) is 2.43. The van der Waals surface area contributed by atoms with Gasteiger partial charge in [-0.3, -0.25) is 9.59 Å². The molecule has 1 fully saturated rings. The molecule has 9 heteroatoms. The number of hydrogen-bond donors (Lipinski definition) is 2. The minimum Gasteiger partial charge on any atom is -0.463 e. The van der Waals surface area contributed by atoms with Gasteiger partial charge >= 0.3 is 5.97 Å². The van der Waals surface area contributed by atoms with Crippen molar-refractivity contribution in [3.05, 3.63) is 45.9 Å². The number of nitrogens with one attached hydrogen (secondary N) is 1. The molecule has 1 aromatic heterocycles. The minimum atomic E-state index is -1.80. The number of carbonyl (C=O) groups excluding carboxylic acids is 3. The molecule has 182 valence electrons. The molecule has 0 bridgehead atoms. The zero-order valence-corrected chi connectivity index (χ0v) is 19.8. The number of esters is 1. The molecule has 35 heavy (non-hydrogen) atoms. The Kier molecular flexibility index (Phi) is 4.64. The standard InChI is InChI=1S/C26H26FN3O5/c1-4-26(34)16-7-20-23-14(9-30(20)24(32)15(16)10-35-25(26)33)22-18(28-12(3)31)6-5-13-11(2)17(27)8-19(29-23)21(13)22/h7-8,15-16,18,34H,4-6,9-10H2,1-3H3,(H,28,31)/t15?,16?,18?,26-/m0/s1. The van der Waals surface area contributed by atoms with Crippen molar-refractivity contribution in [3.63, 3.8) is 0 Å². The summed E-state index contributed by atoms with van der Waals surface area (Å²) in [7, 11) is 0. The molecule has 2 aromatic rings. The van der Waals surface area contributed by atoms with Crippen molar-refractivity contribution in [1.82, 2.24) is 15.2 Å². The lowest BCUT2D eigenvalue weighted by Gasteiger charge is -2.44. The summed E-state index contributed by atoms with van der Waals surface area (Å²) in [6.45, 7) is 5.07. The average molecular weight is 480 g/mol. The van der Waals surface area contributed by atoms with Gasteiger partial charge in [-0.25, -0.2) is 14.2 Å². The number of rotatable bonds is 2. The van der Waals surface area contributed by atoms with Gasteiger partial charge in [-0.2, -0.15) is 0 Å². The highest BCUT2D eigenvalue weighted by Crippen LogP contribution is 2.49. The molecule has 1 saturated heterocycles. The fraction of sp³-hybridized carbons (Fsp3) is 0.462. The van der Waals surface area contributed by atoms with Crippen molar-refractivity contribution in [1.29, 1.82) is 0 Å². The van der Waals surface area contributed by atoms with Crippen molar-refractivity contribution in [3.8, 4) is 0 Å². The molecule has 0 saturated carbocycles. The summed E-state index contributed by atoms with van der Waals surface area (Å²) in [6, 6.07) is 1.12. The third-order valence-electron chi connectivity index (χ3n) is 8.20. The molecule has 2 N–H and O–H groups in total. The summed E-state index contributed by atoms with van der Waals surface area (Å²) in [6.07, 6.45) is 3.08. The van der Waals surface area contributed by atoms with E-state index in [4.69, 9.17) is 9.72 Å². The number of aliphatic hydroxyl groups is 1. The summed E-state index contributed by atoms with van der Waals surface area (Å²) in [4.78, 5) is 44.5. The first-order valence-corrected chi connectivity index (χ1v) is 12.0. The summed E-state index contributed by atoms with van der Waals surface area (Å²) in [5, 5.41) is 15.0. The largest absolute Gasteiger partial charge is 0.463 e. The molecule has 4 heterocycles. The fourth-order valence-corrected chi connectivity index (χ4v) is 6.36. The molecule has 6 rings (SSSR count). The number of amides is 2. The first kappa shape index (κ1) is 22.2. The van der Waals surface area contributed by atoms with Gasteiger partial charge in [0.2, 0.25) is 11.8 Å². The van der Waals surface area contributed by atoms with Gasteiger partial charge in [0.1, 0.15) is 12.4 Å². The van der Waals surface area contributed by atoms with Gasteiger partial charge in [0.15, 0.2) is 5.60 Å². The Labute approximate surface area is 201 Å². The van der Waals surface area contributed by atoms with Crippen LogP contribution in [-0.2, 0) is 32.1 Å². The Hall–Kier alpha value is -3.33. The first-order valence-electron chi connectivity index (χ1n) is 12.0. The Morgan fingerprint density at radius 2 is 2.14 bits per heavy atom. The third-order valence-corrected chi connectivity index (χ3v) is 8.20. The highest BCUT2D eigenvalue weighted by Gasteiger charge is 2.56. The Morgan fingerprint density at radius 3 is 2.86 bits per heavy atom. The summed E-state index contributed by atoms with van der Waals surface area (Å²) >= 11 is 0. The Bertz CT molecular complexity index is 1390. The third kappa shape index (κ3) is 2.87. The number of pyridine rings is 1. The van der Waals surface area contributed by atoms with Crippen LogP contribution in [0.1, 0.15) is 60.7 Å². The van der Waals surface area contributed by atoms with Crippen LogP contribution < -0.4 is 5.32 Å². The fourth-order valence-electron chi connectivity index (χ4n) is 6.36. The van der Waals surface area contributed by atoms with E-state index in [-0.39, 0.29) is 43.2 Å². The molecule has 2 amide bonds. The summed E-state index contributed by atoms with van der Waals surface area (Å²) in [5.41, 5.74) is 2.84. The van der Waals surface area contributed by atoms with Gasteiger partial charge in [-0.15, -0.1) is 0 Å². The van der Waals surface area contributed by atoms with Gasteiger partial charge in [-0.1, -0.05) is 13.0 Å². The predicted molar refractivity (Wildman–Crippen MR) is 123 cm³/mol. The number of benzene rings is 1. The zero-order valence-electron chi connectivity index (χ0n) is 19.8. The van der Waals surface area contributed by atoms with Crippen molar-refractivity contribution in [2.45, 2.75) is 58.2 Å². The van der Waals surface area contributed by atoms with E-state index in [0.29, 0.717) is 35.3 Å². The normalized spacial score (nSPS) is 28.8. The molecule has 8 nitrogen and oxygen atoms in total. The second-order valence-corrected chi connectivity index (χ2v) is 9.99. The number of nitrogens with zero attached hydrogens (tertiary/aromatic N) is 2. The number of carbonyl (C=O) groups is 3. The van der Waals surface area contributed by atoms with Crippen LogP contribution in [0.4, 0.5) is 4.39 Å². The lowest BCUT2D eigenvalue weighted by atomic mass is 9.72. The van der Waals surface area contributed by atoms with Gasteiger partial charge in [0.05, 0.1) is 35.4 Å². The van der Waals surface area contributed by atoms with E-state index in [9.17, 15) is 23.9 Å². The maximum Gasteiger partial charge on any atom is 0.338 e. The summed E-state index contributed by atoms with van der Waals surface area (Å²) in [5.74, 6) is -2.92. The number of aromatic nitrogens is 1. The number of halogens is 1. The number of ether oxygens (including phenoxy) is 1. The Morgan fingerprint density at radius 1 is 1.37 bits per heavy atom. The number of hydrogen-bond acceptors (Lipinski definition) is 6. The molecule has 3 unspecified atom stereocenters. The van der Waals surface area contributed by atoms with Crippen LogP contribution in [0.3, 0.4) is 0 Å². The minimum absolute atomic E-state index is 0.0907. The topological polar surface area (TPSA) is 109 Å². The average Bonchev–Trinajstić information content (AvgIpc) is 3.19. The smallest absolute Gasteiger partial charge is 0.338 e. The Balaban J connectivity index is 1.61. The molecule has 0 radical (unpaired) electrons. The monoisotopic (exact) mass is 479 g/mol. The molecular formula is C26H26FN3O5. The number of cyclic esters (lactones) is 1. The number of aryl methyl sites for hydroxylation is 1. The molecule has 1 aliphatic carbocycles. The van der Waals surface area contributed by atoms with E-state index >= 15 is 0 Å². The highest BCUT2D eigenvalue weighted by molar-refractivity contribution is 5.99. The second kappa shape index (κ2) is 7.34. The van der Waals surface area contributed by atoms with Crippen LogP contribution in [0.15, 0.2) is 12.1 Å². The SMILES string of the molecule is CC[C@@]1(O)C(=O)OCC2C(=O)N3Cc4c(nc5cc(F)c(C)c6c5c4C(NC(C)=O)CC6)C3=CC21. The molecule has 4 atom stereocenters. The molecule has 4 aliphatic rings. The molecule has 3 aliphatic heterocycles. The zero-order chi connectivity index (χ0) is 24.8. The van der Waals surface area contributed by atoms with Crippen molar-refractivity contribution >= 4 is 34.4 Å². The molecular weight excluding hydrogens is 453 g/mol. The second-order valence-electron chi connectivity index (χ2n) is 9.99. The van der Waals surface area contributed by atoms with Gasteiger partial charge in [0.25, 0.3) is 0 Å². The van der Waals surface area contributed by atoms with E-state index < -0.39 is 23.4 Å². The van der Waals surface area contributed by atoms with Crippen LogP contribution in [0.5, 0.6) is 0 Å². The number of fused-ring (bicyclic) bond motifs is 5. The summed E-state index contributed by atoms with van der Waals surface area (Å²) < 4.78 is 20.0. The van der Waals surface area contributed by atoms with E-state index in [0.717, 1.165) is 22.1 Å². The van der Waals surface area contributed by atoms with Crippen LogP contribution in [-0.4, -0.2) is 45.0 Å². The van der Waals surface area contributed by atoms with Gasteiger partial charge in [-0.05, 0) is 42.9 Å². The highest BCUT2D eigenvalue weighted by atomic mass is 19.1. The maximum atomic E-state index is 14.8. The van der Waals surface area contributed by atoms with Crippen LogP contribution >= 0.6 is 0 Å².